The monoisotopic (exact) mass is 227 g/mol. The Hall–Kier alpha value is -0.920. The van der Waals surface area contributed by atoms with Gasteiger partial charge in [0.2, 0.25) is 0 Å². The Morgan fingerprint density at radius 3 is 2.73 bits per heavy atom. The number of allylic oxidation sites excluding steroid dienone is 6. The molecule has 0 aliphatic carbocycles. The largest absolute Gasteiger partial charge is 0.463 e. The number of nitrogens with one attached hydrogen (secondary N) is 1. The Balaban J connectivity index is 3.89. The van der Waals surface area contributed by atoms with E-state index >= 15 is 0 Å². The molecule has 0 radical (unpaired) electrons. The highest BCUT2D eigenvalue weighted by Gasteiger charge is 2.00. The van der Waals surface area contributed by atoms with Gasteiger partial charge in [0.15, 0.2) is 8.30 Å². The van der Waals surface area contributed by atoms with E-state index in [4.69, 9.17) is 4.52 Å². The van der Waals surface area contributed by atoms with Crippen molar-refractivity contribution in [2.45, 2.75) is 13.8 Å². The number of hydrogen-bond acceptors (Lipinski definition) is 3. The number of carbonyl (C=O) groups excluding carboxylic acids is 1. The first-order valence-corrected chi connectivity index (χ1v) is 6.46. The van der Waals surface area contributed by atoms with Crippen molar-refractivity contribution in [1.82, 2.24) is 5.09 Å². The zero-order valence-electron chi connectivity index (χ0n) is 9.43. The summed E-state index contributed by atoms with van der Waals surface area (Å²) < 4.78 is 5.51. The van der Waals surface area contributed by atoms with Crippen molar-refractivity contribution >= 4 is 14.6 Å². The average molecular weight is 227 g/mol. The van der Waals surface area contributed by atoms with Crippen molar-refractivity contribution in [1.29, 1.82) is 0 Å². The zero-order valence-corrected chi connectivity index (χ0v) is 10.3. The van der Waals surface area contributed by atoms with Gasteiger partial charge in [-0.15, -0.1) is 0 Å². The molecule has 0 bridgehead atoms. The number of carbonyl (C=O) groups is 1. The minimum Gasteiger partial charge on any atom is -0.463 e. The molecule has 1 atom stereocenters. The van der Waals surface area contributed by atoms with Crippen LogP contribution in [-0.2, 0) is 9.32 Å². The average Bonchev–Trinajstić information content (AvgIpc) is 2.21. The Morgan fingerprint density at radius 2 is 2.13 bits per heavy atom. The lowest BCUT2D eigenvalue weighted by Crippen LogP contribution is -2.10. The minimum absolute atomic E-state index is 0.337. The topological polar surface area (TPSA) is 38.3 Å². The van der Waals surface area contributed by atoms with E-state index in [1.165, 1.54) is 0 Å². The molecule has 3 nitrogen and oxygen atoms in total. The Kier molecular flexibility index (Phi) is 9.04. The van der Waals surface area contributed by atoms with Crippen LogP contribution in [0.3, 0.4) is 0 Å². The molecular weight excluding hydrogens is 209 g/mol. The first kappa shape index (κ1) is 14.1. The van der Waals surface area contributed by atoms with Gasteiger partial charge in [0, 0.05) is 6.66 Å². The molecule has 1 N–H and O–H groups in total. The fraction of sp³-hybridized carbons (Fsp3) is 0.364. The van der Waals surface area contributed by atoms with E-state index in [0.29, 0.717) is 6.54 Å². The predicted molar refractivity (Wildman–Crippen MR) is 65.7 cm³/mol. The minimum atomic E-state index is -0.752. The first-order chi connectivity index (χ1) is 7.20. The van der Waals surface area contributed by atoms with Crippen LogP contribution >= 0.6 is 8.30 Å². The second-order valence-electron chi connectivity index (χ2n) is 2.81. The third kappa shape index (κ3) is 9.39. The lowest BCUT2D eigenvalue weighted by Gasteiger charge is -2.13. The van der Waals surface area contributed by atoms with Gasteiger partial charge in [0.05, 0.1) is 12.3 Å². The summed E-state index contributed by atoms with van der Waals surface area (Å²) in [7, 11) is -0.752. The highest BCUT2D eigenvalue weighted by atomic mass is 31.2. The van der Waals surface area contributed by atoms with Crippen molar-refractivity contribution in [3.8, 4) is 0 Å². The standard InChI is InChI=1S/C11H18NO2P/c1-4-5-6-7-8-11(2)14-15(3)12-9-10-13/h4-8,10,12H,9H2,1-3H3/b5-4-,7-6-,11-8+. The smallest absolute Gasteiger partial charge is 0.157 e. The molecule has 0 amide bonds. The van der Waals surface area contributed by atoms with Crippen molar-refractivity contribution in [3.05, 3.63) is 36.1 Å². The van der Waals surface area contributed by atoms with Crippen LogP contribution in [0.4, 0.5) is 0 Å². The molecule has 0 aromatic heterocycles. The molecule has 0 aliphatic rings. The molecular formula is C11H18NO2P. The van der Waals surface area contributed by atoms with Crippen LogP contribution < -0.4 is 5.09 Å². The second kappa shape index (κ2) is 9.63. The van der Waals surface area contributed by atoms with Gasteiger partial charge in [-0.25, -0.2) is 0 Å². The molecule has 0 saturated carbocycles. The fourth-order valence-electron chi connectivity index (χ4n) is 0.811. The van der Waals surface area contributed by atoms with E-state index in [-0.39, 0.29) is 0 Å². The first-order valence-electron chi connectivity index (χ1n) is 4.75. The molecule has 84 valence electrons. The quantitative estimate of drug-likeness (QED) is 0.314. The Labute approximate surface area is 92.8 Å². The number of aldehydes is 1. The molecule has 0 saturated heterocycles. The summed E-state index contributed by atoms with van der Waals surface area (Å²) in [4.78, 5) is 10.1. The van der Waals surface area contributed by atoms with Crippen molar-refractivity contribution < 1.29 is 9.32 Å². The van der Waals surface area contributed by atoms with E-state index < -0.39 is 8.30 Å². The summed E-state index contributed by atoms with van der Waals surface area (Å²) in [5, 5.41) is 2.96. The molecule has 0 heterocycles. The van der Waals surface area contributed by atoms with E-state index in [2.05, 4.69) is 5.09 Å². The molecule has 0 spiro atoms. The van der Waals surface area contributed by atoms with Gasteiger partial charge >= 0.3 is 0 Å². The molecule has 0 fully saturated rings. The summed E-state index contributed by atoms with van der Waals surface area (Å²) in [6, 6.07) is 0. The number of hydrogen-bond donors (Lipinski definition) is 1. The van der Waals surface area contributed by atoms with Gasteiger partial charge < -0.3 is 9.32 Å². The maximum Gasteiger partial charge on any atom is 0.157 e. The Bertz CT molecular complexity index is 259. The second-order valence-corrected chi connectivity index (χ2v) is 4.30. The van der Waals surface area contributed by atoms with Gasteiger partial charge in [0.25, 0.3) is 0 Å². The van der Waals surface area contributed by atoms with Crippen LogP contribution in [0.2, 0.25) is 0 Å². The van der Waals surface area contributed by atoms with Gasteiger partial charge in [0.1, 0.15) is 6.29 Å². The third-order valence-corrected chi connectivity index (χ3v) is 2.61. The molecule has 4 heteroatoms. The lowest BCUT2D eigenvalue weighted by atomic mass is 10.4. The summed E-state index contributed by atoms with van der Waals surface area (Å²) in [6.07, 6.45) is 10.5. The van der Waals surface area contributed by atoms with Crippen LogP contribution in [0, 0.1) is 0 Å². The molecule has 0 aliphatic heterocycles. The predicted octanol–water partition coefficient (Wildman–Crippen LogP) is 2.77. The third-order valence-electron chi connectivity index (χ3n) is 1.42. The van der Waals surface area contributed by atoms with Crippen molar-refractivity contribution in [2.75, 3.05) is 13.2 Å². The summed E-state index contributed by atoms with van der Waals surface area (Å²) in [5.41, 5.74) is 0. The molecule has 15 heavy (non-hydrogen) atoms. The van der Waals surface area contributed by atoms with Crippen LogP contribution in [-0.4, -0.2) is 19.5 Å². The molecule has 0 aromatic carbocycles. The molecule has 0 rings (SSSR count). The van der Waals surface area contributed by atoms with Crippen LogP contribution in [0.1, 0.15) is 13.8 Å². The van der Waals surface area contributed by atoms with E-state index in [1.54, 1.807) is 0 Å². The van der Waals surface area contributed by atoms with E-state index in [1.807, 2.05) is 50.9 Å². The lowest BCUT2D eigenvalue weighted by molar-refractivity contribution is -0.106. The van der Waals surface area contributed by atoms with Gasteiger partial charge in [-0.1, -0.05) is 24.3 Å². The van der Waals surface area contributed by atoms with E-state index in [9.17, 15) is 4.79 Å². The number of rotatable bonds is 7. The van der Waals surface area contributed by atoms with Crippen molar-refractivity contribution in [2.24, 2.45) is 0 Å². The molecule has 1 unspecified atom stereocenters. The zero-order chi connectivity index (χ0) is 11.5. The maximum atomic E-state index is 10.1. The fourth-order valence-corrected chi connectivity index (χ4v) is 1.70. The molecule has 0 aromatic rings. The highest BCUT2D eigenvalue weighted by Crippen LogP contribution is 2.29. The van der Waals surface area contributed by atoms with Crippen LogP contribution in [0.5, 0.6) is 0 Å². The van der Waals surface area contributed by atoms with Crippen LogP contribution in [0.15, 0.2) is 36.1 Å². The van der Waals surface area contributed by atoms with Crippen molar-refractivity contribution in [3.63, 3.8) is 0 Å². The summed E-state index contributed by atoms with van der Waals surface area (Å²) in [5.74, 6) is 0.836. The Morgan fingerprint density at radius 1 is 1.40 bits per heavy atom. The van der Waals surface area contributed by atoms with Gasteiger partial charge in [-0.05, 0) is 19.9 Å². The summed E-state index contributed by atoms with van der Waals surface area (Å²) in [6.45, 7) is 6.11. The summed E-state index contributed by atoms with van der Waals surface area (Å²) >= 11 is 0. The van der Waals surface area contributed by atoms with E-state index in [0.717, 1.165) is 12.0 Å². The van der Waals surface area contributed by atoms with Gasteiger partial charge in [-0.3, -0.25) is 5.09 Å². The van der Waals surface area contributed by atoms with Gasteiger partial charge in [-0.2, -0.15) is 0 Å². The normalized spacial score (nSPS) is 14.7. The SMILES string of the molecule is C\C=C/C=C\C=C(/C)OP(C)NCC=O. The highest BCUT2D eigenvalue weighted by molar-refractivity contribution is 7.49. The van der Waals surface area contributed by atoms with Crippen LogP contribution in [0.25, 0.3) is 0 Å². The maximum absolute atomic E-state index is 10.1.